The molecule has 0 aromatic heterocycles. The Bertz CT molecular complexity index is 514. The van der Waals surface area contributed by atoms with E-state index in [0.29, 0.717) is 36.0 Å². The summed E-state index contributed by atoms with van der Waals surface area (Å²) in [4.78, 5) is 11.7. The molecule has 0 radical (unpaired) electrons. The molecule has 1 aliphatic heterocycles. The molecule has 0 amide bonds. The van der Waals surface area contributed by atoms with E-state index in [4.69, 9.17) is 9.47 Å². The number of ether oxygens (including phenoxy) is 2. The molecule has 0 bridgehead atoms. The summed E-state index contributed by atoms with van der Waals surface area (Å²) in [5, 5.41) is 8.34. The van der Waals surface area contributed by atoms with Crippen LogP contribution >= 0.6 is 0 Å². The van der Waals surface area contributed by atoms with Crippen LogP contribution in [0.25, 0.3) is 0 Å². The second-order valence-electron chi connectivity index (χ2n) is 4.57. The molecule has 1 N–H and O–H groups in total. The van der Waals surface area contributed by atoms with Gasteiger partial charge in [0.1, 0.15) is 18.5 Å². The molecule has 0 aliphatic carbocycles. The minimum atomic E-state index is -1.59. The first kappa shape index (κ1) is 14.8. The largest absolute Gasteiger partial charge is 0.486 e. The summed E-state index contributed by atoms with van der Waals surface area (Å²) in [6.07, 6.45) is 2.03. The zero-order chi connectivity index (χ0) is 14.5. The molecular weight excluding hydrogens is 280 g/mol. The van der Waals surface area contributed by atoms with Crippen LogP contribution < -0.4 is 9.47 Å². The van der Waals surface area contributed by atoms with Crippen molar-refractivity contribution >= 4 is 16.8 Å². The van der Waals surface area contributed by atoms with Gasteiger partial charge in [-0.25, -0.2) is 0 Å². The summed E-state index contributed by atoms with van der Waals surface area (Å²) >= 11 is 0. The summed E-state index contributed by atoms with van der Waals surface area (Å²) in [6, 6.07) is 4.94. The van der Waals surface area contributed by atoms with Crippen LogP contribution in [0.15, 0.2) is 23.1 Å². The van der Waals surface area contributed by atoms with Crippen molar-refractivity contribution < 1.29 is 23.6 Å². The standard InChI is InChI=1S/C14H18O5S/c1-2-3-4-13(14(15)16)20(17)10-5-6-11-12(9-10)19-8-7-18-11/h5-6,9,13H,2-4,7-8H2,1H3,(H,15,16). The second-order valence-corrected chi connectivity index (χ2v) is 6.21. The number of carbonyl (C=O) groups is 1. The van der Waals surface area contributed by atoms with Crippen LogP contribution in [0.5, 0.6) is 11.5 Å². The minimum Gasteiger partial charge on any atom is -0.486 e. The highest BCUT2D eigenvalue weighted by Crippen LogP contribution is 2.32. The number of benzene rings is 1. The van der Waals surface area contributed by atoms with Crippen molar-refractivity contribution in [3.05, 3.63) is 18.2 Å². The highest BCUT2D eigenvalue weighted by Gasteiger charge is 2.26. The third-order valence-electron chi connectivity index (χ3n) is 3.10. The molecule has 20 heavy (non-hydrogen) atoms. The van der Waals surface area contributed by atoms with Crippen molar-refractivity contribution in [3.63, 3.8) is 0 Å². The molecule has 1 aromatic rings. The van der Waals surface area contributed by atoms with Gasteiger partial charge in [-0.2, -0.15) is 0 Å². The van der Waals surface area contributed by atoms with Crippen LogP contribution in [-0.4, -0.2) is 33.7 Å². The molecule has 2 rings (SSSR count). The second kappa shape index (κ2) is 6.74. The Balaban J connectivity index is 2.20. The highest BCUT2D eigenvalue weighted by atomic mass is 32.2. The van der Waals surface area contributed by atoms with E-state index in [1.807, 2.05) is 6.92 Å². The molecule has 2 unspecified atom stereocenters. The Labute approximate surface area is 120 Å². The molecule has 0 saturated carbocycles. The normalized spacial score (nSPS) is 16.4. The van der Waals surface area contributed by atoms with Gasteiger partial charge in [0.25, 0.3) is 0 Å². The minimum absolute atomic E-state index is 0.410. The third-order valence-corrected chi connectivity index (χ3v) is 4.77. The smallest absolute Gasteiger partial charge is 0.319 e. The van der Waals surface area contributed by atoms with Gasteiger partial charge in [-0.1, -0.05) is 19.8 Å². The van der Waals surface area contributed by atoms with Crippen LogP contribution in [0.4, 0.5) is 0 Å². The van der Waals surface area contributed by atoms with Gasteiger partial charge in [0.15, 0.2) is 11.5 Å². The van der Waals surface area contributed by atoms with Gasteiger partial charge in [-0.15, -0.1) is 0 Å². The average Bonchev–Trinajstić information content (AvgIpc) is 2.46. The third kappa shape index (κ3) is 3.30. The monoisotopic (exact) mass is 298 g/mol. The fourth-order valence-corrected chi connectivity index (χ4v) is 3.34. The maximum Gasteiger partial charge on any atom is 0.319 e. The number of rotatable bonds is 6. The van der Waals surface area contributed by atoms with Gasteiger partial charge in [0, 0.05) is 11.0 Å². The van der Waals surface area contributed by atoms with E-state index >= 15 is 0 Å². The molecule has 6 heteroatoms. The molecule has 1 heterocycles. The lowest BCUT2D eigenvalue weighted by atomic mass is 10.2. The van der Waals surface area contributed by atoms with Crippen molar-refractivity contribution in [1.29, 1.82) is 0 Å². The fraction of sp³-hybridized carbons (Fsp3) is 0.500. The summed E-state index contributed by atoms with van der Waals surface area (Å²) in [6.45, 7) is 2.91. The van der Waals surface area contributed by atoms with E-state index in [1.54, 1.807) is 18.2 Å². The molecule has 0 spiro atoms. The molecule has 110 valence electrons. The van der Waals surface area contributed by atoms with Crippen molar-refractivity contribution in [3.8, 4) is 11.5 Å². The van der Waals surface area contributed by atoms with E-state index in [-0.39, 0.29) is 0 Å². The van der Waals surface area contributed by atoms with Gasteiger partial charge in [0.05, 0.1) is 10.8 Å². The molecule has 1 aliphatic rings. The fourth-order valence-electron chi connectivity index (χ4n) is 2.02. The van der Waals surface area contributed by atoms with Crippen LogP contribution in [-0.2, 0) is 15.6 Å². The predicted molar refractivity (Wildman–Crippen MR) is 74.8 cm³/mol. The number of carboxylic acids is 1. The maximum absolute atomic E-state index is 12.4. The Morgan fingerprint density at radius 1 is 1.35 bits per heavy atom. The van der Waals surface area contributed by atoms with Gasteiger partial charge in [-0.3, -0.25) is 9.00 Å². The van der Waals surface area contributed by atoms with Gasteiger partial charge in [0.2, 0.25) is 0 Å². The van der Waals surface area contributed by atoms with Crippen LogP contribution in [0, 0.1) is 0 Å². The van der Waals surface area contributed by atoms with Crippen LogP contribution in [0.3, 0.4) is 0 Å². The lowest BCUT2D eigenvalue weighted by molar-refractivity contribution is -0.136. The summed E-state index contributed by atoms with van der Waals surface area (Å²) in [5.74, 6) is 0.117. The maximum atomic E-state index is 12.4. The Hall–Kier alpha value is -1.56. The van der Waals surface area contributed by atoms with Crippen molar-refractivity contribution in [1.82, 2.24) is 0 Å². The first-order chi connectivity index (χ1) is 9.63. The van der Waals surface area contributed by atoms with E-state index < -0.39 is 22.0 Å². The first-order valence-electron chi connectivity index (χ1n) is 6.66. The van der Waals surface area contributed by atoms with Crippen LogP contribution in [0.2, 0.25) is 0 Å². The Kier molecular flexibility index (Phi) is 5.00. The number of hydrogen-bond donors (Lipinski definition) is 1. The molecule has 0 fully saturated rings. The number of aliphatic carboxylic acids is 1. The average molecular weight is 298 g/mol. The first-order valence-corrected chi connectivity index (χ1v) is 7.87. The summed E-state index contributed by atoms with van der Waals surface area (Å²) in [7, 11) is -1.59. The quantitative estimate of drug-likeness (QED) is 0.871. The molecule has 2 atom stereocenters. The molecule has 5 nitrogen and oxygen atoms in total. The lowest BCUT2D eigenvalue weighted by Gasteiger charge is -2.19. The molecular formula is C14H18O5S. The zero-order valence-corrected chi connectivity index (χ0v) is 12.1. The summed E-state index contributed by atoms with van der Waals surface area (Å²) in [5.41, 5.74) is 0. The number of fused-ring (bicyclic) bond motifs is 1. The van der Waals surface area contributed by atoms with E-state index in [0.717, 1.165) is 12.8 Å². The van der Waals surface area contributed by atoms with E-state index in [1.165, 1.54) is 0 Å². The lowest BCUT2D eigenvalue weighted by Crippen LogP contribution is -2.26. The number of carboxylic acid groups (broad SMARTS) is 1. The SMILES string of the molecule is CCCCC(C(=O)O)S(=O)c1ccc2c(c1)OCCO2. The zero-order valence-electron chi connectivity index (χ0n) is 11.3. The number of hydrogen-bond acceptors (Lipinski definition) is 4. The summed E-state index contributed by atoms with van der Waals surface area (Å²) < 4.78 is 23.2. The Morgan fingerprint density at radius 2 is 2.05 bits per heavy atom. The van der Waals surface area contributed by atoms with Gasteiger partial charge in [-0.05, 0) is 18.6 Å². The molecule has 0 saturated heterocycles. The predicted octanol–water partition coefficient (Wildman–Crippen LogP) is 2.21. The van der Waals surface area contributed by atoms with Gasteiger partial charge >= 0.3 is 5.97 Å². The van der Waals surface area contributed by atoms with Crippen LogP contribution in [0.1, 0.15) is 26.2 Å². The van der Waals surface area contributed by atoms with Crippen molar-refractivity contribution in [2.45, 2.75) is 36.3 Å². The number of unbranched alkanes of at least 4 members (excludes halogenated alkanes) is 1. The van der Waals surface area contributed by atoms with E-state index in [2.05, 4.69) is 0 Å². The molecule has 1 aromatic carbocycles. The highest BCUT2D eigenvalue weighted by molar-refractivity contribution is 7.86. The van der Waals surface area contributed by atoms with Crippen molar-refractivity contribution in [2.75, 3.05) is 13.2 Å². The van der Waals surface area contributed by atoms with Gasteiger partial charge < -0.3 is 14.6 Å². The Morgan fingerprint density at radius 3 is 2.70 bits per heavy atom. The topological polar surface area (TPSA) is 72.8 Å². The van der Waals surface area contributed by atoms with E-state index in [9.17, 15) is 14.1 Å². The van der Waals surface area contributed by atoms with Crippen molar-refractivity contribution in [2.24, 2.45) is 0 Å².